The number of aromatic nitrogens is 6. The molecule has 2 amide bonds. The van der Waals surface area contributed by atoms with Gasteiger partial charge in [0.25, 0.3) is 5.95 Å². The summed E-state index contributed by atoms with van der Waals surface area (Å²) in [4.78, 5) is 33.2. The number of carbonyl (C=O) groups is 2. The van der Waals surface area contributed by atoms with E-state index in [1.54, 1.807) is 41.5 Å². The van der Waals surface area contributed by atoms with Crippen molar-refractivity contribution < 1.29 is 9.59 Å². The first-order valence-corrected chi connectivity index (χ1v) is 9.36. The second kappa shape index (κ2) is 8.63. The van der Waals surface area contributed by atoms with Crippen LogP contribution in [0.5, 0.6) is 0 Å². The van der Waals surface area contributed by atoms with Crippen LogP contribution in [0.2, 0.25) is 0 Å². The van der Waals surface area contributed by atoms with Crippen molar-refractivity contribution >= 4 is 23.5 Å². The lowest BCUT2D eigenvalue weighted by molar-refractivity contribution is -0.133. The fourth-order valence-corrected chi connectivity index (χ4v) is 2.60. The molecule has 0 saturated heterocycles. The Hall–Kier alpha value is -3.56. The van der Waals surface area contributed by atoms with Crippen LogP contribution in [-0.2, 0) is 16.1 Å². The molecule has 3 rings (SSSR count). The van der Waals surface area contributed by atoms with E-state index in [0.717, 1.165) is 5.69 Å². The van der Waals surface area contributed by atoms with Crippen molar-refractivity contribution in [3.8, 4) is 5.95 Å². The van der Waals surface area contributed by atoms with Crippen LogP contribution in [0.15, 0.2) is 36.8 Å². The van der Waals surface area contributed by atoms with Crippen molar-refractivity contribution in [1.82, 2.24) is 29.5 Å². The first kappa shape index (κ1) is 20.2. The summed E-state index contributed by atoms with van der Waals surface area (Å²) in [5.74, 6) is -0.0932. The van der Waals surface area contributed by atoms with Crippen molar-refractivity contribution in [2.75, 3.05) is 10.6 Å². The Bertz CT molecular complexity index is 991. The highest BCUT2D eigenvalue weighted by atomic mass is 16.2. The summed E-state index contributed by atoms with van der Waals surface area (Å²) in [5.41, 5.74) is 0.739. The predicted octanol–water partition coefficient (Wildman–Crippen LogP) is 2.22. The molecule has 0 aromatic carbocycles. The molecule has 10 heteroatoms. The lowest BCUT2D eigenvalue weighted by atomic mass is 10.1. The summed E-state index contributed by atoms with van der Waals surface area (Å²) in [5, 5.41) is 13.8. The molecule has 3 aromatic rings. The minimum Gasteiger partial charge on any atom is -0.303 e. The minimum atomic E-state index is -0.824. The maximum atomic E-state index is 12.5. The highest BCUT2D eigenvalue weighted by Crippen LogP contribution is 2.20. The average Bonchev–Trinajstić information content (AvgIpc) is 3.29. The van der Waals surface area contributed by atoms with Crippen molar-refractivity contribution in [3.05, 3.63) is 42.5 Å². The molecule has 10 nitrogen and oxygen atoms in total. The van der Waals surface area contributed by atoms with Gasteiger partial charge >= 0.3 is 11.8 Å². The third kappa shape index (κ3) is 4.84. The number of anilines is 2. The Kier molecular flexibility index (Phi) is 6.01. The monoisotopic (exact) mass is 396 g/mol. The number of nitrogens with one attached hydrogen (secondary N) is 2. The zero-order valence-corrected chi connectivity index (χ0v) is 16.8. The highest BCUT2D eigenvalue weighted by Gasteiger charge is 2.21. The van der Waals surface area contributed by atoms with Gasteiger partial charge in [0.1, 0.15) is 11.6 Å². The van der Waals surface area contributed by atoms with Crippen LogP contribution >= 0.6 is 0 Å². The smallest absolute Gasteiger partial charge is 0.303 e. The molecule has 0 atom stereocenters. The van der Waals surface area contributed by atoms with Crippen LogP contribution in [0, 0.1) is 5.92 Å². The Morgan fingerprint density at radius 1 is 1.00 bits per heavy atom. The summed E-state index contributed by atoms with van der Waals surface area (Å²) >= 11 is 0. The first-order chi connectivity index (χ1) is 13.8. The SMILES string of the molecule is CC(C)Cn1nccc1NC(=O)C(=O)Nc1cc(C(C)C)nn1-c1ncccn1. The summed E-state index contributed by atoms with van der Waals surface area (Å²) in [6, 6.07) is 5.03. The standard InChI is InChI=1S/C19H24N8O2/c1-12(2)11-26-15(6-9-22-26)23-17(28)18(29)24-16-10-14(13(3)4)25-27(16)19-20-7-5-8-21-19/h5-10,12-13H,11H2,1-4H3,(H,23,28)(H,24,29). The number of rotatable bonds is 6. The number of hydrogen-bond acceptors (Lipinski definition) is 6. The molecular weight excluding hydrogens is 372 g/mol. The molecule has 0 aliphatic heterocycles. The largest absolute Gasteiger partial charge is 0.315 e. The zero-order valence-electron chi connectivity index (χ0n) is 16.8. The summed E-state index contributed by atoms with van der Waals surface area (Å²) in [6.07, 6.45) is 4.73. The Balaban J connectivity index is 1.78. The van der Waals surface area contributed by atoms with E-state index >= 15 is 0 Å². The molecule has 0 aliphatic rings. The van der Waals surface area contributed by atoms with Crippen molar-refractivity contribution in [1.29, 1.82) is 0 Å². The maximum Gasteiger partial charge on any atom is 0.315 e. The maximum absolute atomic E-state index is 12.5. The molecule has 0 unspecified atom stereocenters. The van der Waals surface area contributed by atoms with Crippen LogP contribution in [0.1, 0.15) is 39.3 Å². The second-order valence-electron chi connectivity index (χ2n) is 7.27. The Labute approximate surface area is 168 Å². The van der Waals surface area contributed by atoms with Gasteiger partial charge in [-0.1, -0.05) is 27.7 Å². The molecule has 3 aromatic heterocycles. The summed E-state index contributed by atoms with van der Waals surface area (Å²) in [7, 11) is 0. The van der Waals surface area contributed by atoms with Gasteiger partial charge in [0, 0.05) is 31.1 Å². The van der Waals surface area contributed by atoms with Gasteiger partial charge in [0.15, 0.2) is 0 Å². The summed E-state index contributed by atoms with van der Waals surface area (Å²) < 4.78 is 3.05. The molecule has 0 saturated carbocycles. The minimum absolute atomic E-state index is 0.120. The Morgan fingerprint density at radius 2 is 1.66 bits per heavy atom. The number of nitrogens with zero attached hydrogens (tertiary/aromatic N) is 6. The van der Waals surface area contributed by atoms with Gasteiger partial charge in [0.05, 0.1) is 11.9 Å². The molecule has 0 aliphatic carbocycles. The Morgan fingerprint density at radius 3 is 2.28 bits per heavy atom. The van der Waals surface area contributed by atoms with E-state index in [2.05, 4.69) is 30.8 Å². The van der Waals surface area contributed by atoms with Crippen LogP contribution in [0.3, 0.4) is 0 Å². The van der Waals surface area contributed by atoms with E-state index in [0.29, 0.717) is 30.0 Å². The fraction of sp³-hybridized carbons (Fsp3) is 0.368. The summed E-state index contributed by atoms with van der Waals surface area (Å²) in [6.45, 7) is 8.66. The van der Waals surface area contributed by atoms with Crippen LogP contribution in [0.4, 0.5) is 11.6 Å². The molecule has 2 N–H and O–H groups in total. The quantitative estimate of drug-likeness (QED) is 0.617. The van der Waals surface area contributed by atoms with E-state index < -0.39 is 11.8 Å². The number of amides is 2. The van der Waals surface area contributed by atoms with E-state index in [4.69, 9.17) is 0 Å². The number of hydrogen-bond donors (Lipinski definition) is 2. The normalized spacial score (nSPS) is 11.1. The molecule has 3 heterocycles. The second-order valence-corrected chi connectivity index (χ2v) is 7.27. The molecule has 152 valence electrons. The third-order valence-electron chi connectivity index (χ3n) is 4.01. The van der Waals surface area contributed by atoms with E-state index in [1.165, 1.54) is 4.68 Å². The fourth-order valence-electron chi connectivity index (χ4n) is 2.60. The van der Waals surface area contributed by atoms with E-state index in [1.807, 2.05) is 27.7 Å². The topological polar surface area (TPSA) is 120 Å². The van der Waals surface area contributed by atoms with Gasteiger partial charge in [-0.3, -0.25) is 9.59 Å². The van der Waals surface area contributed by atoms with Crippen molar-refractivity contribution in [2.45, 2.75) is 40.2 Å². The molecule has 0 fully saturated rings. The third-order valence-corrected chi connectivity index (χ3v) is 4.01. The van der Waals surface area contributed by atoms with E-state index in [-0.39, 0.29) is 5.92 Å². The van der Waals surface area contributed by atoms with Gasteiger partial charge in [-0.2, -0.15) is 14.9 Å². The van der Waals surface area contributed by atoms with Crippen LogP contribution < -0.4 is 10.6 Å². The number of carbonyl (C=O) groups excluding carboxylic acids is 2. The lowest BCUT2D eigenvalue weighted by Crippen LogP contribution is -2.31. The van der Waals surface area contributed by atoms with Crippen LogP contribution in [-0.4, -0.2) is 41.3 Å². The van der Waals surface area contributed by atoms with Crippen LogP contribution in [0.25, 0.3) is 5.95 Å². The van der Waals surface area contributed by atoms with Gasteiger partial charge in [-0.05, 0) is 17.9 Å². The molecular formula is C19H24N8O2. The van der Waals surface area contributed by atoms with Crippen molar-refractivity contribution in [3.63, 3.8) is 0 Å². The molecule has 29 heavy (non-hydrogen) atoms. The van der Waals surface area contributed by atoms with Gasteiger partial charge in [-0.25, -0.2) is 14.6 Å². The predicted molar refractivity (Wildman–Crippen MR) is 108 cm³/mol. The lowest BCUT2D eigenvalue weighted by Gasteiger charge is -2.11. The average molecular weight is 396 g/mol. The van der Waals surface area contributed by atoms with Gasteiger partial charge in [0.2, 0.25) is 0 Å². The van der Waals surface area contributed by atoms with E-state index in [9.17, 15) is 9.59 Å². The zero-order chi connectivity index (χ0) is 21.0. The molecule has 0 bridgehead atoms. The highest BCUT2D eigenvalue weighted by molar-refractivity contribution is 6.43. The first-order valence-electron chi connectivity index (χ1n) is 9.36. The van der Waals surface area contributed by atoms with Crippen molar-refractivity contribution in [2.24, 2.45) is 5.92 Å². The van der Waals surface area contributed by atoms with Gasteiger partial charge < -0.3 is 10.6 Å². The molecule has 0 spiro atoms. The molecule has 0 radical (unpaired) electrons. The van der Waals surface area contributed by atoms with Gasteiger partial charge in [-0.15, -0.1) is 0 Å².